The lowest BCUT2D eigenvalue weighted by Gasteiger charge is -2.28. The first-order valence-electron chi connectivity index (χ1n) is 7.20. The Morgan fingerprint density at radius 2 is 2.53 bits per heavy atom. The summed E-state index contributed by atoms with van der Waals surface area (Å²) in [4.78, 5) is 18.9. The van der Waals surface area contributed by atoms with E-state index < -0.39 is 0 Å². The van der Waals surface area contributed by atoms with Crippen LogP contribution in [0.15, 0.2) is 12.5 Å². The molecule has 0 bridgehead atoms. The van der Waals surface area contributed by atoms with Gasteiger partial charge in [-0.2, -0.15) is 0 Å². The summed E-state index contributed by atoms with van der Waals surface area (Å²) in [5, 5.41) is 6.39. The van der Waals surface area contributed by atoms with Crippen molar-refractivity contribution in [1.82, 2.24) is 20.6 Å². The standard InChI is InChI=1S/C14H24N4O/c1-11(12-3-2-5-15-8-12)7-14(19)17-6-4-13-9-16-10-18-13/h9-12,15H,2-8H2,1H3,(H,16,18)(H,17,19). The van der Waals surface area contributed by atoms with Gasteiger partial charge in [0.2, 0.25) is 5.91 Å². The lowest BCUT2D eigenvalue weighted by molar-refractivity contribution is -0.122. The van der Waals surface area contributed by atoms with Crippen molar-refractivity contribution in [3.8, 4) is 0 Å². The lowest BCUT2D eigenvalue weighted by atomic mass is 9.85. The average Bonchev–Trinajstić information content (AvgIpc) is 2.93. The maximum Gasteiger partial charge on any atom is 0.220 e. The molecule has 2 rings (SSSR count). The van der Waals surface area contributed by atoms with Gasteiger partial charge >= 0.3 is 0 Å². The zero-order chi connectivity index (χ0) is 13.5. The molecule has 0 aliphatic carbocycles. The molecule has 1 aliphatic rings. The quantitative estimate of drug-likeness (QED) is 0.720. The summed E-state index contributed by atoms with van der Waals surface area (Å²) in [6.07, 6.45) is 7.38. The van der Waals surface area contributed by atoms with Crippen LogP contribution < -0.4 is 10.6 Å². The molecule has 2 unspecified atom stereocenters. The summed E-state index contributed by atoms with van der Waals surface area (Å²) in [5.74, 6) is 1.27. The molecule has 1 saturated heterocycles. The normalized spacial score (nSPS) is 21.0. The second-order valence-electron chi connectivity index (χ2n) is 5.46. The summed E-state index contributed by atoms with van der Waals surface area (Å²) in [6, 6.07) is 0. The van der Waals surface area contributed by atoms with Crippen molar-refractivity contribution >= 4 is 5.91 Å². The van der Waals surface area contributed by atoms with Gasteiger partial charge in [-0.15, -0.1) is 0 Å². The van der Waals surface area contributed by atoms with Crippen LogP contribution in [0.5, 0.6) is 0 Å². The molecule has 5 nitrogen and oxygen atoms in total. The highest BCUT2D eigenvalue weighted by molar-refractivity contribution is 5.76. The van der Waals surface area contributed by atoms with E-state index in [4.69, 9.17) is 0 Å². The Balaban J connectivity index is 1.63. The molecule has 0 saturated carbocycles. The number of amides is 1. The summed E-state index contributed by atoms with van der Waals surface area (Å²) in [7, 11) is 0. The third kappa shape index (κ3) is 4.67. The fourth-order valence-electron chi connectivity index (χ4n) is 2.65. The molecule has 106 valence electrons. The molecule has 3 N–H and O–H groups in total. The first kappa shape index (κ1) is 14.1. The van der Waals surface area contributed by atoms with Gasteiger partial charge in [0.25, 0.3) is 0 Å². The number of nitrogens with zero attached hydrogens (tertiary/aromatic N) is 1. The number of hydrogen-bond donors (Lipinski definition) is 3. The van der Waals surface area contributed by atoms with E-state index in [1.807, 2.05) is 0 Å². The fraction of sp³-hybridized carbons (Fsp3) is 0.714. The Bertz CT molecular complexity index is 371. The van der Waals surface area contributed by atoms with Gasteiger partial charge in [-0.05, 0) is 37.8 Å². The molecule has 2 heterocycles. The van der Waals surface area contributed by atoms with E-state index in [1.54, 1.807) is 12.5 Å². The Labute approximate surface area is 114 Å². The maximum absolute atomic E-state index is 11.9. The van der Waals surface area contributed by atoms with E-state index in [2.05, 4.69) is 27.5 Å². The number of carbonyl (C=O) groups is 1. The van der Waals surface area contributed by atoms with Crippen molar-refractivity contribution < 1.29 is 4.79 Å². The molecule has 1 aliphatic heterocycles. The van der Waals surface area contributed by atoms with Crippen molar-refractivity contribution in [3.05, 3.63) is 18.2 Å². The molecule has 1 aromatic heterocycles. The SMILES string of the molecule is CC(CC(=O)NCCc1cnc[nH]1)C1CCCNC1. The van der Waals surface area contributed by atoms with Crippen molar-refractivity contribution in [2.24, 2.45) is 11.8 Å². The number of carbonyl (C=O) groups excluding carboxylic acids is 1. The van der Waals surface area contributed by atoms with E-state index in [0.717, 1.165) is 25.2 Å². The first-order chi connectivity index (χ1) is 9.25. The third-order valence-electron chi connectivity index (χ3n) is 3.92. The summed E-state index contributed by atoms with van der Waals surface area (Å²) >= 11 is 0. The molecular weight excluding hydrogens is 240 g/mol. The average molecular weight is 264 g/mol. The van der Waals surface area contributed by atoms with Gasteiger partial charge in [0.15, 0.2) is 0 Å². The van der Waals surface area contributed by atoms with Crippen LogP contribution in [0, 0.1) is 11.8 Å². The Kier molecular flexibility index (Phi) is 5.39. The molecule has 0 radical (unpaired) electrons. The van der Waals surface area contributed by atoms with Crippen LogP contribution in [-0.2, 0) is 11.2 Å². The number of rotatable bonds is 6. The summed E-state index contributed by atoms with van der Waals surface area (Å²) in [5.41, 5.74) is 1.06. The Morgan fingerprint density at radius 1 is 1.63 bits per heavy atom. The third-order valence-corrected chi connectivity index (χ3v) is 3.92. The van der Waals surface area contributed by atoms with Crippen LogP contribution in [0.1, 0.15) is 31.9 Å². The van der Waals surface area contributed by atoms with Crippen LogP contribution in [0.2, 0.25) is 0 Å². The zero-order valence-corrected chi connectivity index (χ0v) is 11.6. The van der Waals surface area contributed by atoms with E-state index in [9.17, 15) is 4.79 Å². The van der Waals surface area contributed by atoms with Crippen LogP contribution in [-0.4, -0.2) is 35.5 Å². The molecule has 1 amide bonds. The van der Waals surface area contributed by atoms with E-state index in [1.165, 1.54) is 12.8 Å². The smallest absolute Gasteiger partial charge is 0.220 e. The minimum absolute atomic E-state index is 0.164. The molecule has 0 spiro atoms. The van der Waals surface area contributed by atoms with E-state index >= 15 is 0 Å². The summed E-state index contributed by atoms with van der Waals surface area (Å²) in [6.45, 7) is 5.05. The predicted octanol–water partition coefficient (Wildman–Crippen LogP) is 1.09. The molecule has 0 aromatic carbocycles. The number of hydrogen-bond acceptors (Lipinski definition) is 3. The highest BCUT2D eigenvalue weighted by Crippen LogP contribution is 2.22. The number of nitrogens with one attached hydrogen (secondary N) is 3. The van der Waals surface area contributed by atoms with Gasteiger partial charge in [0.1, 0.15) is 0 Å². The van der Waals surface area contributed by atoms with Crippen molar-refractivity contribution in [2.75, 3.05) is 19.6 Å². The van der Waals surface area contributed by atoms with Crippen LogP contribution >= 0.6 is 0 Å². The van der Waals surface area contributed by atoms with Crippen molar-refractivity contribution in [2.45, 2.75) is 32.6 Å². The minimum Gasteiger partial charge on any atom is -0.356 e. The minimum atomic E-state index is 0.164. The molecule has 19 heavy (non-hydrogen) atoms. The zero-order valence-electron chi connectivity index (χ0n) is 11.6. The molecule has 1 aromatic rings. The van der Waals surface area contributed by atoms with E-state index in [-0.39, 0.29) is 5.91 Å². The number of H-pyrrole nitrogens is 1. The monoisotopic (exact) mass is 264 g/mol. The highest BCUT2D eigenvalue weighted by atomic mass is 16.1. The first-order valence-corrected chi connectivity index (χ1v) is 7.20. The lowest BCUT2D eigenvalue weighted by Crippen LogP contribution is -2.36. The second-order valence-corrected chi connectivity index (χ2v) is 5.46. The fourth-order valence-corrected chi connectivity index (χ4v) is 2.65. The Morgan fingerprint density at radius 3 is 3.21 bits per heavy atom. The van der Waals surface area contributed by atoms with Gasteiger partial charge in [-0.3, -0.25) is 4.79 Å². The van der Waals surface area contributed by atoms with Crippen LogP contribution in [0.25, 0.3) is 0 Å². The number of piperidine rings is 1. The van der Waals surface area contributed by atoms with Gasteiger partial charge < -0.3 is 15.6 Å². The van der Waals surface area contributed by atoms with E-state index in [0.29, 0.717) is 24.8 Å². The topological polar surface area (TPSA) is 69.8 Å². The molecular formula is C14H24N4O. The largest absolute Gasteiger partial charge is 0.356 e. The second kappa shape index (κ2) is 7.28. The number of aromatic amines is 1. The highest BCUT2D eigenvalue weighted by Gasteiger charge is 2.21. The molecule has 2 atom stereocenters. The maximum atomic E-state index is 11.9. The van der Waals surface area contributed by atoms with Crippen molar-refractivity contribution in [3.63, 3.8) is 0 Å². The van der Waals surface area contributed by atoms with Gasteiger partial charge in [0, 0.05) is 31.3 Å². The van der Waals surface area contributed by atoms with Gasteiger partial charge in [-0.1, -0.05) is 6.92 Å². The Hall–Kier alpha value is -1.36. The molecule has 5 heteroatoms. The van der Waals surface area contributed by atoms with Crippen LogP contribution in [0.4, 0.5) is 0 Å². The van der Waals surface area contributed by atoms with Crippen LogP contribution in [0.3, 0.4) is 0 Å². The summed E-state index contributed by atoms with van der Waals surface area (Å²) < 4.78 is 0. The van der Waals surface area contributed by atoms with Gasteiger partial charge in [0.05, 0.1) is 6.33 Å². The van der Waals surface area contributed by atoms with Gasteiger partial charge in [-0.25, -0.2) is 4.98 Å². The predicted molar refractivity (Wildman–Crippen MR) is 74.7 cm³/mol. The molecule has 1 fully saturated rings. The number of imidazole rings is 1. The van der Waals surface area contributed by atoms with Crippen molar-refractivity contribution in [1.29, 1.82) is 0 Å². The number of aromatic nitrogens is 2.